The Kier molecular flexibility index (Phi) is 4.38. The van der Waals surface area contributed by atoms with Gasteiger partial charge in [0, 0.05) is 24.2 Å². The molecule has 1 aromatic heterocycles. The van der Waals surface area contributed by atoms with Crippen LogP contribution in [0.4, 0.5) is 5.69 Å². The van der Waals surface area contributed by atoms with Crippen LogP contribution >= 0.6 is 11.3 Å². The van der Waals surface area contributed by atoms with E-state index in [9.17, 15) is 8.42 Å². The number of primary sulfonamides is 1. The van der Waals surface area contributed by atoms with Gasteiger partial charge in [-0.1, -0.05) is 18.2 Å². The zero-order chi connectivity index (χ0) is 16.4. The van der Waals surface area contributed by atoms with Crippen molar-refractivity contribution in [2.45, 2.75) is 17.2 Å². The summed E-state index contributed by atoms with van der Waals surface area (Å²) in [6.45, 7) is 1.39. The molecule has 0 unspecified atom stereocenters. The number of nitrogens with one attached hydrogen (secondary N) is 1. The van der Waals surface area contributed by atoms with Crippen molar-refractivity contribution >= 4 is 33.0 Å². The second kappa shape index (κ2) is 6.31. The van der Waals surface area contributed by atoms with E-state index in [4.69, 9.17) is 5.14 Å². The molecule has 1 aliphatic heterocycles. The number of hydrogen-bond donors (Lipinski definition) is 2. The van der Waals surface area contributed by atoms with Crippen LogP contribution in [0.2, 0.25) is 0 Å². The summed E-state index contributed by atoms with van der Waals surface area (Å²) in [5.74, 6) is 0.778. The van der Waals surface area contributed by atoms with E-state index in [-0.39, 0.29) is 4.21 Å². The fourth-order valence-corrected chi connectivity index (χ4v) is 4.34. The van der Waals surface area contributed by atoms with Crippen LogP contribution in [0.5, 0.6) is 0 Å². The van der Waals surface area contributed by atoms with E-state index in [1.54, 1.807) is 13.1 Å². The molecule has 0 amide bonds. The number of nitrogens with zero attached hydrogens (tertiary/aromatic N) is 2. The molecule has 23 heavy (non-hydrogen) atoms. The van der Waals surface area contributed by atoms with E-state index in [1.165, 1.54) is 23.0 Å². The zero-order valence-corrected chi connectivity index (χ0v) is 14.3. The average Bonchev–Trinajstić information content (AvgIpc) is 3.15. The van der Waals surface area contributed by atoms with Gasteiger partial charge >= 0.3 is 0 Å². The first-order valence-corrected chi connectivity index (χ1v) is 9.53. The van der Waals surface area contributed by atoms with E-state index >= 15 is 0 Å². The highest BCUT2D eigenvalue weighted by Gasteiger charge is 2.22. The highest BCUT2D eigenvalue weighted by atomic mass is 32.2. The zero-order valence-electron chi connectivity index (χ0n) is 12.7. The number of guanidine groups is 1. The molecule has 8 heteroatoms. The van der Waals surface area contributed by atoms with Gasteiger partial charge < -0.3 is 10.2 Å². The third kappa shape index (κ3) is 3.39. The van der Waals surface area contributed by atoms with E-state index in [2.05, 4.69) is 27.3 Å². The minimum Gasteiger partial charge on any atom is -0.351 e. The molecule has 0 radical (unpaired) electrons. The number of fused-ring (bicyclic) bond motifs is 1. The molecule has 0 saturated heterocycles. The number of thiophene rings is 1. The van der Waals surface area contributed by atoms with Gasteiger partial charge in [0.1, 0.15) is 4.21 Å². The van der Waals surface area contributed by atoms with Gasteiger partial charge in [0.25, 0.3) is 0 Å². The normalized spacial score (nSPS) is 14.9. The molecule has 2 aromatic rings. The quantitative estimate of drug-likeness (QED) is 0.649. The van der Waals surface area contributed by atoms with Crippen LogP contribution in [0.3, 0.4) is 0 Å². The second-order valence-corrected chi connectivity index (χ2v) is 8.15. The maximum Gasteiger partial charge on any atom is 0.247 e. The molecule has 0 bridgehead atoms. The van der Waals surface area contributed by atoms with Crippen LogP contribution in [0, 0.1) is 0 Å². The lowest BCUT2D eigenvalue weighted by atomic mass is 10.2. The van der Waals surface area contributed by atoms with Crippen molar-refractivity contribution in [2.75, 3.05) is 18.5 Å². The monoisotopic (exact) mass is 350 g/mol. The summed E-state index contributed by atoms with van der Waals surface area (Å²) in [6.07, 6.45) is 0.992. The Bertz CT molecular complexity index is 843. The van der Waals surface area contributed by atoms with Crippen molar-refractivity contribution in [3.8, 4) is 0 Å². The predicted octanol–water partition coefficient (Wildman–Crippen LogP) is 1.53. The fraction of sp³-hybridized carbons (Fsp3) is 0.267. The first-order chi connectivity index (χ1) is 11.0. The van der Waals surface area contributed by atoms with Crippen molar-refractivity contribution < 1.29 is 8.42 Å². The first kappa shape index (κ1) is 16.0. The summed E-state index contributed by atoms with van der Waals surface area (Å²) < 4.78 is 22.8. The Morgan fingerprint density at radius 2 is 2.13 bits per heavy atom. The van der Waals surface area contributed by atoms with Crippen LogP contribution in [0.1, 0.15) is 10.4 Å². The topological polar surface area (TPSA) is 87.8 Å². The maximum atomic E-state index is 11.3. The first-order valence-electron chi connectivity index (χ1n) is 7.16. The number of rotatable bonds is 3. The molecule has 0 saturated carbocycles. The number of aliphatic imine (C=N–C) groups is 1. The molecule has 1 aliphatic rings. The summed E-state index contributed by atoms with van der Waals surface area (Å²) in [7, 11) is -1.89. The highest BCUT2D eigenvalue weighted by molar-refractivity contribution is 7.91. The Labute approximate surface area is 139 Å². The van der Waals surface area contributed by atoms with Crippen molar-refractivity contribution in [2.24, 2.45) is 10.1 Å². The van der Waals surface area contributed by atoms with Gasteiger partial charge in [0.2, 0.25) is 10.0 Å². The molecule has 0 fully saturated rings. The Morgan fingerprint density at radius 1 is 1.35 bits per heavy atom. The maximum absolute atomic E-state index is 11.3. The number of anilines is 1. The standard InChI is InChI=1S/C15H18N4O2S2/c1-17-15(19-9-8-11-4-2-3-5-13(11)19)18-10-12-6-7-14(22-12)23(16,20)21/h2-7H,8-10H2,1H3,(H,17,18)(H2,16,20,21). The number of para-hydroxylation sites is 1. The predicted molar refractivity (Wildman–Crippen MR) is 93.4 cm³/mol. The van der Waals surface area contributed by atoms with Crippen LogP contribution in [-0.2, 0) is 23.0 Å². The molecular weight excluding hydrogens is 332 g/mol. The van der Waals surface area contributed by atoms with Crippen LogP contribution < -0.4 is 15.4 Å². The van der Waals surface area contributed by atoms with E-state index in [0.717, 1.165) is 29.5 Å². The molecule has 1 aromatic carbocycles. The van der Waals surface area contributed by atoms with E-state index in [1.807, 2.05) is 12.1 Å². The number of sulfonamides is 1. The SMILES string of the molecule is CN=C(NCc1ccc(S(N)(=O)=O)s1)N1CCc2ccccc21. The Balaban J connectivity index is 1.71. The summed E-state index contributed by atoms with van der Waals surface area (Å²) in [5, 5.41) is 8.42. The molecule has 0 aliphatic carbocycles. The van der Waals surface area contributed by atoms with Gasteiger partial charge in [0.15, 0.2) is 5.96 Å². The van der Waals surface area contributed by atoms with Gasteiger partial charge in [-0.05, 0) is 30.2 Å². The lowest BCUT2D eigenvalue weighted by Gasteiger charge is -2.22. The summed E-state index contributed by atoms with van der Waals surface area (Å²) in [4.78, 5) is 7.37. The summed E-state index contributed by atoms with van der Waals surface area (Å²) in [5.41, 5.74) is 2.47. The Hall–Kier alpha value is -1.90. The van der Waals surface area contributed by atoms with Gasteiger partial charge in [-0.15, -0.1) is 11.3 Å². The van der Waals surface area contributed by atoms with Gasteiger partial charge in [0.05, 0.1) is 6.54 Å². The molecule has 3 N–H and O–H groups in total. The molecule has 6 nitrogen and oxygen atoms in total. The highest BCUT2D eigenvalue weighted by Crippen LogP contribution is 2.27. The Morgan fingerprint density at radius 3 is 2.83 bits per heavy atom. The molecule has 2 heterocycles. The third-order valence-corrected chi connectivity index (χ3v) is 6.22. The van der Waals surface area contributed by atoms with Gasteiger partial charge in [-0.3, -0.25) is 4.99 Å². The minimum absolute atomic E-state index is 0.177. The molecular formula is C15H18N4O2S2. The molecule has 122 valence electrons. The third-order valence-electron chi connectivity index (χ3n) is 3.69. The van der Waals surface area contributed by atoms with Crippen LogP contribution in [0.25, 0.3) is 0 Å². The van der Waals surface area contributed by atoms with Crippen molar-refractivity contribution in [1.82, 2.24) is 5.32 Å². The average molecular weight is 350 g/mol. The second-order valence-electron chi connectivity index (χ2n) is 5.20. The van der Waals surface area contributed by atoms with E-state index < -0.39 is 10.0 Å². The number of nitrogens with two attached hydrogens (primary N) is 1. The lowest BCUT2D eigenvalue weighted by molar-refractivity contribution is 0.600. The smallest absolute Gasteiger partial charge is 0.247 e. The molecule has 3 rings (SSSR count). The van der Waals surface area contributed by atoms with E-state index in [0.29, 0.717) is 6.54 Å². The number of benzene rings is 1. The molecule has 0 spiro atoms. The fourth-order valence-electron chi connectivity index (χ4n) is 2.63. The largest absolute Gasteiger partial charge is 0.351 e. The van der Waals surface area contributed by atoms with Crippen molar-refractivity contribution in [1.29, 1.82) is 0 Å². The van der Waals surface area contributed by atoms with Gasteiger partial charge in [-0.25, -0.2) is 13.6 Å². The number of hydrogen-bond acceptors (Lipinski definition) is 4. The lowest BCUT2D eigenvalue weighted by Crippen LogP contribution is -2.40. The molecule has 0 atom stereocenters. The van der Waals surface area contributed by atoms with Crippen molar-refractivity contribution in [3.63, 3.8) is 0 Å². The van der Waals surface area contributed by atoms with Gasteiger partial charge in [-0.2, -0.15) is 0 Å². The van der Waals surface area contributed by atoms with Crippen molar-refractivity contribution in [3.05, 3.63) is 46.8 Å². The van der Waals surface area contributed by atoms with Crippen LogP contribution in [-0.4, -0.2) is 28.0 Å². The summed E-state index contributed by atoms with van der Waals surface area (Å²) >= 11 is 1.17. The minimum atomic E-state index is -3.63. The summed E-state index contributed by atoms with van der Waals surface area (Å²) in [6, 6.07) is 11.6. The van der Waals surface area contributed by atoms with Crippen LogP contribution in [0.15, 0.2) is 45.6 Å².